The van der Waals surface area contributed by atoms with Gasteiger partial charge in [-0.1, -0.05) is 18.2 Å². The van der Waals surface area contributed by atoms with Gasteiger partial charge >= 0.3 is 0 Å². The summed E-state index contributed by atoms with van der Waals surface area (Å²) in [7, 11) is 0. The molecule has 11 heavy (non-hydrogen) atoms. The maximum absolute atomic E-state index is 10.7. The van der Waals surface area contributed by atoms with Crippen LogP contribution in [0.3, 0.4) is 0 Å². The lowest BCUT2D eigenvalue weighted by atomic mass is 10.0. The molecule has 0 amide bonds. The first-order chi connectivity index (χ1) is 5.25. The summed E-state index contributed by atoms with van der Waals surface area (Å²) in [6.45, 7) is 0. The van der Waals surface area contributed by atoms with Crippen LogP contribution in [0.15, 0.2) is 24.3 Å². The third-order valence-corrected chi connectivity index (χ3v) is 2.14. The van der Waals surface area contributed by atoms with Gasteiger partial charge in [0.25, 0.3) is 0 Å². The van der Waals surface area contributed by atoms with Crippen LogP contribution in [0, 0.1) is 5.92 Å². The van der Waals surface area contributed by atoms with Crippen LogP contribution in [-0.2, 0) is 16.1 Å². The molecule has 2 nitrogen and oxygen atoms in total. The fourth-order valence-electron chi connectivity index (χ4n) is 0.791. The van der Waals surface area contributed by atoms with Gasteiger partial charge in [0.15, 0.2) is 0 Å². The number of halogens is 1. The van der Waals surface area contributed by atoms with E-state index < -0.39 is 11.2 Å². The molecule has 1 rings (SSSR count). The van der Waals surface area contributed by atoms with E-state index in [1.165, 1.54) is 0 Å². The highest BCUT2D eigenvalue weighted by molar-refractivity contribution is 7.67. The molecule has 58 valence electrons. The van der Waals surface area contributed by atoms with Crippen LogP contribution in [0.5, 0.6) is 0 Å². The van der Waals surface area contributed by atoms with Gasteiger partial charge in [-0.05, 0) is 17.7 Å². The highest BCUT2D eigenvalue weighted by Crippen LogP contribution is 2.11. The molecule has 0 bridgehead atoms. The molecule has 0 aromatic heterocycles. The molecule has 0 spiro atoms. The van der Waals surface area contributed by atoms with Crippen molar-refractivity contribution in [1.82, 2.24) is 0 Å². The smallest absolute Gasteiger partial charge is 0.233 e. The minimum atomic E-state index is -0.538. The predicted octanol–water partition coefficient (Wildman–Crippen LogP) is 0.879. The van der Waals surface area contributed by atoms with Crippen molar-refractivity contribution in [2.24, 2.45) is 5.92 Å². The van der Waals surface area contributed by atoms with Gasteiger partial charge in [0, 0.05) is 0 Å². The number of hydrogen-bond acceptors (Lipinski definition) is 2. The zero-order valence-electron chi connectivity index (χ0n) is 5.49. The zero-order chi connectivity index (χ0) is 8.27. The molecule has 0 saturated carbocycles. The Labute approximate surface area is 72.6 Å². The molecule has 4 heteroatoms. The Morgan fingerprint density at radius 1 is 1.55 bits per heavy atom. The Kier molecular flexibility index (Phi) is 2.79. The van der Waals surface area contributed by atoms with Crippen molar-refractivity contribution >= 4 is 33.0 Å². The Morgan fingerprint density at radius 3 is 2.73 bits per heavy atom. The Bertz CT molecular complexity index is 287. The number of rotatable bonds is 1. The minimum Gasteiger partial charge on any atom is -0.280 e. The summed E-state index contributed by atoms with van der Waals surface area (Å²) in [5.74, 6) is -0.538. The molecule has 1 atom stereocenters. The molecule has 0 heterocycles. The quantitative estimate of drug-likeness (QED) is 0.452. The number of hydrogen-bond donors (Lipinski definition) is 0. The van der Waals surface area contributed by atoms with Crippen molar-refractivity contribution in [1.29, 1.82) is 0 Å². The van der Waals surface area contributed by atoms with Gasteiger partial charge in [0.2, 0.25) is 5.24 Å². The van der Waals surface area contributed by atoms with E-state index in [-0.39, 0.29) is 0 Å². The lowest BCUT2D eigenvalue weighted by Crippen LogP contribution is -2.17. The molecular formula is C7H5ClO2S. The average molecular weight is 189 g/mol. The molecule has 0 aliphatic heterocycles. The number of allylic oxidation sites excluding steroid dienone is 4. The maximum atomic E-state index is 10.7. The highest BCUT2D eigenvalue weighted by Gasteiger charge is 2.18. The van der Waals surface area contributed by atoms with Crippen LogP contribution in [0.2, 0.25) is 0 Å². The molecular weight excluding hydrogens is 184 g/mol. The lowest BCUT2D eigenvalue weighted by Gasteiger charge is -2.06. The van der Waals surface area contributed by atoms with Crippen LogP contribution in [0.1, 0.15) is 0 Å². The molecule has 0 aromatic carbocycles. The van der Waals surface area contributed by atoms with Crippen LogP contribution in [0.25, 0.3) is 0 Å². The molecule has 1 aliphatic rings. The first kappa shape index (κ1) is 8.43. The van der Waals surface area contributed by atoms with Crippen LogP contribution >= 0.6 is 11.6 Å². The molecule has 0 aromatic rings. The molecule has 1 unspecified atom stereocenters. The van der Waals surface area contributed by atoms with Crippen LogP contribution in [0.4, 0.5) is 0 Å². The summed E-state index contributed by atoms with van der Waals surface area (Å²) in [6, 6.07) is 0. The zero-order valence-corrected chi connectivity index (χ0v) is 7.06. The van der Waals surface area contributed by atoms with E-state index in [1.807, 2.05) is 0 Å². The largest absolute Gasteiger partial charge is 0.280 e. The summed E-state index contributed by atoms with van der Waals surface area (Å²) in [5, 5.41) is -0.510. The average Bonchev–Trinajstić information content (AvgIpc) is 2.04. The van der Waals surface area contributed by atoms with Crippen molar-refractivity contribution in [2.45, 2.75) is 0 Å². The fraction of sp³-hybridized carbons (Fsp3) is 0.143. The second kappa shape index (κ2) is 3.64. The SMILES string of the molecule is O=S=C1C=CC=CC1C(=O)Cl. The predicted molar refractivity (Wildman–Crippen MR) is 45.8 cm³/mol. The Balaban J connectivity index is 2.97. The van der Waals surface area contributed by atoms with E-state index in [0.29, 0.717) is 16.1 Å². The third kappa shape index (κ3) is 1.88. The van der Waals surface area contributed by atoms with Gasteiger partial charge in [0.05, 0.1) is 22.0 Å². The van der Waals surface area contributed by atoms with E-state index in [4.69, 9.17) is 11.6 Å². The minimum absolute atomic E-state index is 0.306. The molecule has 0 fully saturated rings. The van der Waals surface area contributed by atoms with Gasteiger partial charge in [-0.15, -0.1) is 0 Å². The topological polar surface area (TPSA) is 34.1 Å². The fourth-order valence-corrected chi connectivity index (χ4v) is 1.47. The van der Waals surface area contributed by atoms with Gasteiger partial charge in [-0.2, -0.15) is 0 Å². The van der Waals surface area contributed by atoms with E-state index in [1.54, 1.807) is 24.3 Å². The summed E-state index contributed by atoms with van der Waals surface area (Å²) in [6.07, 6.45) is 6.61. The standard InChI is InChI=1S/C7H5ClO2S/c8-7(9)5-3-1-2-4-6(5)11-10/h1-5H. The van der Waals surface area contributed by atoms with E-state index in [9.17, 15) is 9.00 Å². The van der Waals surface area contributed by atoms with Crippen molar-refractivity contribution in [3.63, 3.8) is 0 Å². The van der Waals surface area contributed by atoms with Crippen molar-refractivity contribution in [3.8, 4) is 0 Å². The molecule has 0 saturated heterocycles. The van der Waals surface area contributed by atoms with Gasteiger partial charge in [0.1, 0.15) is 0 Å². The normalized spacial score (nSPS) is 21.9. The number of carbonyl (C=O) groups is 1. The summed E-state index contributed by atoms with van der Waals surface area (Å²) in [5.41, 5.74) is 0. The van der Waals surface area contributed by atoms with Crippen molar-refractivity contribution in [3.05, 3.63) is 24.3 Å². The van der Waals surface area contributed by atoms with E-state index >= 15 is 0 Å². The second-order valence-corrected chi connectivity index (χ2v) is 3.02. The summed E-state index contributed by atoms with van der Waals surface area (Å²) < 4.78 is 10.4. The first-order valence-electron chi connectivity index (χ1n) is 2.96. The second-order valence-electron chi connectivity index (χ2n) is 2.01. The van der Waals surface area contributed by atoms with Gasteiger partial charge in [-0.25, -0.2) is 4.21 Å². The Hall–Kier alpha value is -0.670. The lowest BCUT2D eigenvalue weighted by molar-refractivity contribution is -0.112. The van der Waals surface area contributed by atoms with E-state index in [2.05, 4.69) is 0 Å². The van der Waals surface area contributed by atoms with Crippen LogP contribution < -0.4 is 0 Å². The van der Waals surface area contributed by atoms with Crippen LogP contribution in [-0.4, -0.2) is 14.3 Å². The third-order valence-electron chi connectivity index (χ3n) is 1.32. The molecule has 0 N–H and O–H groups in total. The summed E-state index contributed by atoms with van der Waals surface area (Å²) in [4.78, 5) is 11.1. The van der Waals surface area contributed by atoms with Gasteiger partial charge in [-0.3, -0.25) is 4.79 Å². The number of carbonyl (C=O) groups excluding carboxylic acids is 1. The van der Waals surface area contributed by atoms with Gasteiger partial charge < -0.3 is 0 Å². The van der Waals surface area contributed by atoms with Crippen molar-refractivity contribution in [2.75, 3.05) is 0 Å². The van der Waals surface area contributed by atoms with Crippen molar-refractivity contribution < 1.29 is 9.00 Å². The molecule has 0 radical (unpaired) electrons. The maximum Gasteiger partial charge on any atom is 0.233 e. The monoisotopic (exact) mass is 188 g/mol. The molecule has 1 aliphatic carbocycles. The van der Waals surface area contributed by atoms with E-state index in [0.717, 1.165) is 0 Å². The summed E-state index contributed by atoms with van der Waals surface area (Å²) >= 11 is 5.54. The Morgan fingerprint density at radius 2 is 2.27 bits per heavy atom. The highest BCUT2D eigenvalue weighted by atomic mass is 35.5. The first-order valence-corrected chi connectivity index (χ1v) is 4.08.